The highest BCUT2D eigenvalue weighted by Crippen LogP contribution is 2.30. The van der Waals surface area contributed by atoms with Crippen molar-refractivity contribution in [3.05, 3.63) is 0 Å². The van der Waals surface area contributed by atoms with Crippen molar-refractivity contribution in [2.24, 2.45) is 5.92 Å². The van der Waals surface area contributed by atoms with E-state index in [9.17, 15) is 18.0 Å². The fourth-order valence-corrected chi connectivity index (χ4v) is 5.21. The molecule has 0 aliphatic carbocycles. The second-order valence-corrected chi connectivity index (χ2v) is 7.62. The smallest absolute Gasteiger partial charge is 0.305 e. The second-order valence-electron chi connectivity index (χ2n) is 5.36. The largest absolute Gasteiger partial charge is 0.469 e. The Bertz CT molecular complexity index is 459. The fourth-order valence-electron chi connectivity index (χ4n) is 2.71. The predicted octanol–water partition coefficient (Wildman–Crippen LogP) is 0.658. The fraction of sp³-hybridized carbons (Fsp3) is 0.846. The second kappa shape index (κ2) is 7.06. The van der Waals surface area contributed by atoms with Crippen molar-refractivity contribution >= 4 is 21.7 Å². The van der Waals surface area contributed by atoms with Gasteiger partial charge in [0.1, 0.15) is 0 Å². The molecular weight excluding hydrogens is 282 g/mol. The molecular formula is C13H23NO5S. The molecule has 1 heterocycles. The van der Waals surface area contributed by atoms with Gasteiger partial charge in [-0.1, -0.05) is 13.3 Å². The molecule has 0 saturated carbocycles. The van der Waals surface area contributed by atoms with Gasteiger partial charge in [-0.25, -0.2) is 8.42 Å². The monoisotopic (exact) mass is 305 g/mol. The highest BCUT2D eigenvalue weighted by atomic mass is 32.2. The molecule has 0 spiro atoms. The molecule has 0 bridgehead atoms. The minimum Gasteiger partial charge on any atom is -0.469 e. The van der Waals surface area contributed by atoms with E-state index in [0.717, 1.165) is 0 Å². The van der Waals surface area contributed by atoms with Crippen LogP contribution in [0.1, 0.15) is 39.5 Å². The van der Waals surface area contributed by atoms with Crippen LogP contribution in [-0.2, 0) is 24.2 Å². The molecule has 0 unspecified atom stereocenters. The Morgan fingerprint density at radius 3 is 2.50 bits per heavy atom. The number of carbonyl (C=O) groups excluding carboxylic acids is 2. The summed E-state index contributed by atoms with van der Waals surface area (Å²) in [7, 11) is -1.83. The average Bonchev–Trinajstić information content (AvgIpc) is 2.55. The summed E-state index contributed by atoms with van der Waals surface area (Å²) in [5, 5.41) is 2.27. The molecule has 0 aromatic carbocycles. The van der Waals surface area contributed by atoms with Gasteiger partial charge >= 0.3 is 5.97 Å². The molecule has 1 saturated heterocycles. The predicted molar refractivity (Wildman–Crippen MR) is 74.8 cm³/mol. The molecule has 20 heavy (non-hydrogen) atoms. The van der Waals surface area contributed by atoms with Crippen LogP contribution < -0.4 is 5.32 Å². The molecule has 3 atom stereocenters. The third-order valence-corrected chi connectivity index (χ3v) is 6.24. The number of methoxy groups -OCH3 is 1. The lowest BCUT2D eigenvalue weighted by Gasteiger charge is -2.19. The zero-order valence-corrected chi connectivity index (χ0v) is 13.0. The van der Waals surface area contributed by atoms with Crippen LogP contribution in [0.3, 0.4) is 0 Å². The van der Waals surface area contributed by atoms with E-state index in [1.807, 2.05) is 6.92 Å². The number of hydrogen-bond acceptors (Lipinski definition) is 5. The zero-order chi connectivity index (χ0) is 15.3. The highest BCUT2D eigenvalue weighted by Gasteiger charge is 2.44. The molecule has 0 aromatic heterocycles. The molecule has 1 fully saturated rings. The molecule has 6 nitrogen and oxygen atoms in total. The summed E-state index contributed by atoms with van der Waals surface area (Å²) >= 11 is 0. The Morgan fingerprint density at radius 1 is 1.30 bits per heavy atom. The summed E-state index contributed by atoms with van der Waals surface area (Å²) in [5.41, 5.74) is 0. The molecule has 1 amide bonds. The van der Waals surface area contributed by atoms with E-state index in [0.29, 0.717) is 25.7 Å². The third kappa shape index (κ3) is 4.47. The number of sulfone groups is 1. The van der Waals surface area contributed by atoms with E-state index >= 15 is 0 Å². The summed E-state index contributed by atoms with van der Waals surface area (Å²) in [6.45, 7) is 3.25. The van der Waals surface area contributed by atoms with Crippen LogP contribution >= 0.6 is 0 Å². The normalized spacial score (nSPS) is 28.1. The zero-order valence-electron chi connectivity index (χ0n) is 12.2. The molecule has 1 N–H and O–H groups in total. The van der Waals surface area contributed by atoms with Crippen molar-refractivity contribution in [1.29, 1.82) is 0 Å². The molecule has 116 valence electrons. The Morgan fingerprint density at radius 2 is 1.95 bits per heavy atom. The number of rotatable bonds is 6. The van der Waals surface area contributed by atoms with E-state index in [-0.39, 0.29) is 29.6 Å². The number of unbranched alkanes of at least 4 members (excludes halogenated alkanes) is 1. The lowest BCUT2D eigenvalue weighted by molar-refractivity contribution is -0.140. The van der Waals surface area contributed by atoms with Gasteiger partial charge in [-0.3, -0.25) is 9.59 Å². The summed E-state index contributed by atoms with van der Waals surface area (Å²) in [6.07, 6.45) is 2.12. The van der Waals surface area contributed by atoms with Crippen molar-refractivity contribution in [2.45, 2.75) is 50.8 Å². The third-order valence-electron chi connectivity index (χ3n) is 3.83. The van der Waals surface area contributed by atoms with Crippen LogP contribution in [0.15, 0.2) is 0 Å². The number of amides is 1. The lowest BCUT2D eigenvalue weighted by atomic mass is 9.96. The van der Waals surface area contributed by atoms with E-state index < -0.39 is 15.1 Å². The van der Waals surface area contributed by atoms with Gasteiger partial charge in [0.05, 0.1) is 18.1 Å². The van der Waals surface area contributed by atoms with Crippen molar-refractivity contribution in [3.8, 4) is 0 Å². The van der Waals surface area contributed by atoms with E-state index in [2.05, 4.69) is 10.1 Å². The number of carbonyl (C=O) groups is 2. The molecule has 1 rings (SSSR count). The number of ether oxygens (including phenoxy) is 1. The van der Waals surface area contributed by atoms with E-state index in [1.54, 1.807) is 0 Å². The molecule has 1 aliphatic heterocycles. The first kappa shape index (κ1) is 16.9. The number of nitrogens with one attached hydrogen (secondary N) is 1. The molecule has 0 radical (unpaired) electrons. The summed E-state index contributed by atoms with van der Waals surface area (Å²) in [5.74, 6) is -0.566. The first-order valence-electron chi connectivity index (χ1n) is 6.83. The van der Waals surface area contributed by atoms with Crippen LogP contribution in [0.2, 0.25) is 0 Å². The van der Waals surface area contributed by atoms with Gasteiger partial charge in [-0.15, -0.1) is 0 Å². The van der Waals surface area contributed by atoms with Gasteiger partial charge in [-0.2, -0.15) is 0 Å². The highest BCUT2D eigenvalue weighted by molar-refractivity contribution is 7.92. The quantitative estimate of drug-likeness (QED) is 0.575. The van der Waals surface area contributed by atoms with Gasteiger partial charge in [0.15, 0.2) is 9.84 Å². The maximum absolute atomic E-state index is 12.1. The SMILES string of the molecule is COC(=O)CCCC[C@H]1[C@@H](C)[C@@H](NC(C)=O)CS1(=O)=O. The summed E-state index contributed by atoms with van der Waals surface area (Å²) in [6, 6.07) is -0.303. The maximum Gasteiger partial charge on any atom is 0.305 e. The molecule has 0 aromatic rings. The Balaban J connectivity index is 2.51. The first-order valence-corrected chi connectivity index (χ1v) is 8.55. The van der Waals surface area contributed by atoms with Crippen LogP contribution in [-0.4, -0.2) is 44.4 Å². The van der Waals surface area contributed by atoms with Crippen LogP contribution in [0, 0.1) is 5.92 Å². The standard InChI is InChI=1S/C13H23NO5S/c1-9-11(14-10(2)15)8-20(17,18)12(9)6-4-5-7-13(16)19-3/h9,11-12H,4-8H2,1-3H3,(H,14,15)/t9-,11-,12-/m0/s1. The van der Waals surface area contributed by atoms with Crippen molar-refractivity contribution in [2.75, 3.05) is 12.9 Å². The lowest BCUT2D eigenvalue weighted by Crippen LogP contribution is -2.38. The van der Waals surface area contributed by atoms with Gasteiger partial charge in [0.25, 0.3) is 0 Å². The minimum atomic E-state index is -3.17. The minimum absolute atomic E-state index is 0.00934. The maximum atomic E-state index is 12.1. The van der Waals surface area contributed by atoms with E-state index in [4.69, 9.17) is 0 Å². The average molecular weight is 305 g/mol. The van der Waals surface area contributed by atoms with E-state index in [1.165, 1.54) is 14.0 Å². The van der Waals surface area contributed by atoms with Gasteiger partial charge in [-0.05, 0) is 18.8 Å². The van der Waals surface area contributed by atoms with Crippen LogP contribution in [0.4, 0.5) is 0 Å². The van der Waals surface area contributed by atoms with Crippen LogP contribution in [0.5, 0.6) is 0 Å². The Hall–Kier alpha value is -1.11. The summed E-state index contributed by atoms with van der Waals surface area (Å²) in [4.78, 5) is 22.1. The van der Waals surface area contributed by atoms with Gasteiger partial charge < -0.3 is 10.1 Å². The number of hydrogen-bond donors (Lipinski definition) is 1. The van der Waals surface area contributed by atoms with Gasteiger partial charge in [0, 0.05) is 19.4 Å². The Kier molecular flexibility index (Phi) is 5.98. The number of esters is 1. The first-order chi connectivity index (χ1) is 9.27. The molecule has 1 aliphatic rings. The van der Waals surface area contributed by atoms with Crippen LogP contribution in [0.25, 0.3) is 0 Å². The van der Waals surface area contributed by atoms with Crippen molar-refractivity contribution in [1.82, 2.24) is 5.32 Å². The molecule has 7 heteroatoms. The van der Waals surface area contributed by atoms with Gasteiger partial charge in [0.2, 0.25) is 5.91 Å². The van der Waals surface area contributed by atoms with Crippen molar-refractivity contribution in [3.63, 3.8) is 0 Å². The van der Waals surface area contributed by atoms with Crippen molar-refractivity contribution < 1.29 is 22.7 Å². The topological polar surface area (TPSA) is 89.5 Å². The summed E-state index contributed by atoms with van der Waals surface area (Å²) < 4.78 is 28.8. The Labute approximate surface area is 120 Å².